The summed E-state index contributed by atoms with van der Waals surface area (Å²) >= 11 is 0. The van der Waals surface area contributed by atoms with Crippen molar-refractivity contribution in [1.29, 1.82) is 0 Å². The van der Waals surface area contributed by atoms with Crippen LogP contribution in [0.1, 0.15) is 0 Å². The van der Waals surface area contributed by atoms with Crippen molar-refractivity contribution in [2.45, 2.75) is 0 Å². The molecule has 7 aromatic rings. The Kier molecular flexibility index (Phi) is 4.89. The minimum atomic E-state index is 1.24. The molecule has 0 radical (unpaired) electrons. The van der Waals surface area contributed by atoms with Crippen molar-refractivity contribution in [3.8, 4) is 33.4 Å². The molecule has 0 saturated carbocycles. The van der Waals surface area contributed by atoms with Gasteiger partial charge in [0.15, 0.2) is 0 Å². The zero-order chi connectivity index (χ0) is 23.9. The molecule has 0 spiro atoms. The summed E-state index contributed by atoms with van der Waals surface area (Å²) in [4.78, 5) is 0. The van der Waals surface area contributed by atoms with E-state index < -0.39 is 0 Å². The van der Waals surface area contributed by atoms with Crippen LogP contribution in [-0.4, -0.2) is 0 Å². The van der Waals surface area contributed by atoms with E-state index in [0.717, 1.165) is 0 Å². The average Bonchev–Trinajstić information content (AvgIpc) is 2.96. The second-order valence-electron chi connectivity index (χ2n) is 9.35. The van der Waals surface area contributed by atoms with Gasteiger partial charge in [0.05, 0.1) is 0 Å². The van der Waals surface area contributed by atoms with Crippen LogP contribution in [0.3, 0.4) is 0 Å². The topological polar surface area (TPSA) is 0 Å². The van der Waals surface area contributed by atoms with Gasteiger partial charge in [0.25, 0.3) is 0 Å². The van der Waals surface area contributed by atoms with Gasteiger partial charge in [-0.1, -0.05) is 133 Å². The van der Waals surface area contributed by atoms with Crippen molar-refractivity contribution in [3.05, 3.63) is 146 Å². The molecule has 0 nitrogen and oxygen atoms in total. The van der Waals surface area contributed by atoms with E-state index in [0.29, 0.717) is 0 Å². The van der Waals surface area contributed by atoms with E-state index in [9.17, 15) is 0 Å². The second-order valence-corrected chi connectivity index (χ2v) is 9.35. The highest BCUT2D eigenvalue weighted by Gasteiger charge is 2.17. The Hall–Kier alpha value is -4.68. The number of rotatable bonds is 3. The van der Waals surface area contributed by atoms with E-state index in [4.69, 9.17) is 0 Å². The monoisotopic (exact) mass is 456 g/mol. The first-order chi connectivity index (χ1) is 17.9. The molecule has 0 aliphatic carbocycles. The van der Waals surface area contributed by atoms with E-state index >= 15 is 0 Å². The Labute approximate surface area is 211 Å². The molecule has 0 aromatic heterocycles. The maximum atomic E-state index is 2.38. The van der Waals surface area contributed by atoms with Crippen molar-refractivity contribution in [1.82, 2.24) is 0 Å². The van der Waals surface area contributed by atoms with Crippen LogP contribution in [-0.2, 0) is 0 Å². The van der Waals surface area contributed by atoms with E-state index in [1.807, 2.05) is 0 Å². The standard InChI is InChI=1S/C36H24/c1-3-11-25(12-4-1)26-19-21-28(22-20-26)36-32-18-10-9-17-31(32)35(27-13-5-2-6-14-27)33-23-29-15-7-8-16-30(29)24-34(33)36/h1-24H. The predicted octanol–water partition coefficient (Wildman–Crippen LogP) is 10.1. The fraction of sp³-hybridized carbons (Fsp3) is 0. The molecule has 0 fully saturated rings. The van der Waals surface area contributed by atoms with Crippen LogP contribution in [0.25, 0.3) is 65.7 Å². The highest BCUT2D eigenvalue weighted by atomic mass is 14.2. The molecule has 7 aromatic carbocycles. The van der Waals surface area contributed by atoms with Crippen molar-refractivity contribution in [2.24, 2.45) is 0 Å². The fourth-order valence-electron chi connectivity index (χ4n) is 5.55. The fourth-order valence-corrected chi connectivity index (χ4v) is 5.55. The summed E-state index contributed by atoms with van der Waals surface area (Å²) in [6.07, 6.45) is 0. The van der Waals surface area contributed by atoms with Crippen LogP contribution in [0.2, 0.25) is 0 Å². The summed E-state index contributed by atoms with van der Waals surface area (Å²) in [5.74, 6) is 0. The van der Waals surface area contributed by atoms with Crippen LogP contribution in [0.5, 0.6) is 0 Å². The first-order valence-corrected chi connectivity index (χ1v) is 12.5. The highest BCUT2D eigenvalue weighted by Crippen LogP contribution is 2.45. The first-order valence-electron chi connectivity index (χ1n) is 12.5. The summed E-state index contributed by atoms with van der Waals surface area (Å²) in [6, 6.07) is 52.7. The molecule has 0 unspecified atom stereocenters. The van der Waals surface area contributed by atoms with Crippen molar-refractivity contribution < 1.29 is 0 Å². The smallest absolute Gasteiger partial charge is 0.00261 e. The van der Waals surface area contributed by atoms with Gasteiger partial charge in [-0.15, -0.1) is 0 Å². The predicted molar refractivity (Wildman–Crippen MR) is 155 cm³/mol. The molecule has 0 aliphatic rings. The Morgan fingerprint density at radius 2 is 0.611 bits per heavy atom. The van der Waals surface area contributed by atoms with Crippen molar-refractivity contribution in [3.63, 3.8) is 0 Å². The Bertz CT molecular complexity index is 1840. The van der Waals surface area contributed by atoms with E-state index in [1.165, 1.54) is 65.7 Å². The van der Waals surface area contributed by atoms with E-state index in [-0.39, 0.29) is 0 Å². The second kappa shape index (κ2) is 8.52. The van der Waals surface area contributed by atoms with Crippen molar-refractivity contribution in [2.75, 3.05) is 0 Å². The van der Waals surface area contributed by atoms with Gasteiger partial charge in [-0.05, 0) is 77.8 Å². The molecule has 0 atom stereocenters. The average molecular weight is 457 g/mol. The molecular formula is C36H24. The zero-order valence-corrected chi connectivity index (χ0v) is 19.9. The van der Waals surface area contributed by atoms with Crippen LogP contribution in [0.15, 0.2) is 146 Å². The highest BCUT2D eigenvalue weighted by molar-refractivity contribution is 6.23. The molecule has 0 heterocycles. The van der Waals surface area contributed by atoms with Gasteiger partial charge in [-0.3, -0.25) is 0 Å². The number of hydrogen-bond acceptors (Lipinski definition) is 0. The number of hydrogen-bond donors (Lipinski definition) is 0. The van der Waals surface area contributed by atoms with Gasteiger partial charge < -0.3 is 0 Å². The molecular weight excluding hydrogens is 432 g/mol. The summed E-state index contributed by atoms with van der Waals surface area (Å²) < 4.78 is 0. The van der Waals surface area contributed by atoms with Crippen LogP contribution in [0, 0.1) is 0 Å². The van der Waals surface area contributed by atoms with E-state index in [2.05, 4.69) is 146 Å². The SMILES string of the molecule is c1ccc(-c2ccc(-c3c4ccccc4c(-c4ccccc4)c4cc5ccccc5cc34)cc2)cc1. The quantitative estimate of drug-likeness (QED) is 0.232. The zero-order valence-electron chi connectivity index (χ0n) is 19.9. The maximum absolute atomic E-state index is 2.38. The van der Waals surface area contributed by atoms with Crippen LogP contribution >= 0.6 is 0 Å². The van der Waals surface area contributed by atoms with Gasteiger partial charge >= 0.3 is 0 Å². The largest absolute Gasteiger partial charge is 0.0622 e. The summed E-state index contributed by atoms with van der Waals surface area (Å²) in [6.45, 7) is 0. The lowest BCUT2D eigenvalue weighted by Crippen LogP contribution is -1.91. The first kappa shape index (κ1) is 20.7. The normalized spacial score (nSPS) is 11.3. The number of benzene rings is 7. The summed E-state index contributed by atoms with van der Waals surface area (Å²) in [7, 11) is 0. The lowest BCUT2D eigenvalue weighted by molar-refractivity contribution is 1.61. The Morgan fingerprint density at radius 3 is 1.14 bits per heavy atom. The number of fused-ring (bicyclic) bond motifs is 3. The minimum absolute atomic E-state index is 1.24. The molecule has 0 bridgehead atoms. The van der Waals surface area contributed by atoms with Gasteiger partial charge in [0, 0.05) is 0 Å². The third-order valence-electron chi connectivity index (χ3n) is 7.23. The van der Waals surface area contributed by atoms with Crippen molar-refractivity contribution >= 4 is 32.3 Å². The Balaban J connectivity index is 1.59. The van der Waals surface area contributed by atoms with Crippen LogP contribution in [0.4, 0.5) is 0 Å². The molecule has 36 heavy (non-hydrogen) atoms. The third-order valence-corrected chi connectivity index (χ3v) is 7.23. The molecule has 0 N–H and O–H groups in total. The van der Waals surface area contributed by atoms with Gasteiger partial charge in [-0.2, -0.15) is 0 Å². The summed E-state index contributed by atoms with van der Waals surface area (Å²) in [5.41, 5.74) is 7.57. The lowest BCUT2D eigenvalue weighted by atomic mass is 9.84. The molecule has 0 amide bonds. The molecule has 168 valence electrons. The Morgan fingerprint density at radius 1 is 0.250 bits per heavy atom. The van der Waals surface area contributed by atoms with Crippen LogP contribution < -0.4 is 0 Å². The van der Waals surface area contributed by atoms with E-state index in [1.54, 1.807) is 0 Å². The molecule has 0 heteroatoms. The molecule has 0 aliphatic heterocycles. The third kappa shape index (κ3) is 3.39. The maximum Gasteiger partial charge on any atom is -0.00261 e. The van der Waals surface area contributed by atoms with Gasteiger partial charge in [0.2, 0.25) is 0 Å². The lowest BCUT2D eigenvalue weighted by Gasteiger charge is -2.19. The van der Waals surface area contributed by atoms with Gasteiger partial charge in [0.1, 0.15) is 0 Å². The molecule has 7 rings (SSSR count). The molecule has 0 saturated heterocycles. The van der Waals surface area contributed by atoms with Gasteiger partial charge in [-0.25, -0.2) is 0 Å². The minimum Gasteiger partial charge on any atom is -0.0622 e. The summed E-state index contributed by atoms with van der Waals surface area (Å²) in [5, 5.41) is 7.68.